The Morgan fingerprint density at radius 2 is 1.79 bits per heavy atom. The Labute approximate surface area is 144 Å². The number of ether oxygens (including phenoxy) is 1. The van der Waals surface area contributed by atoms with Crippen molar-refractivity contribution < 1.29 is 9.84 Å². The molecule has 3 atom stereocenters. The smallest absolute Gasteiger partial charge is 0.176 e. The van der Waals surface area contributed by atoms with Crippen molar-refractivity contribution in [3.8, 4) is 5.75 Å². The minimum atomic E-state index is -0.656. The van der Waals surface area contributed by atoms with Gasteiger partial charge < -0.3 is 15.6 Å². The zero-order valence-corrected chi connectivity index (χ0v) is 14.9. The molecule has 2 aromatic rings. The van der Waals surface area contributed by atoms with Crippen LogP contribution in [-0.2, 0) is 0 Å². The first-order valence-corrected chi connectivity index (χ1v) is 8.34. The van der Waals surface area contributed by atoms with E-state index in [1.165, 1.54) is 11.1 Å². The second kappa shape index (κ2) is 8.29. The first kappa shape index (κ1) is 18.5. The van der Waals surface area contributed by atoms with Crippen LogP contribution in [0.15, 0.2) is 42.5 Å². The molecule has 4 N–H and O–H groups in total. The molecular formula is C20H28N2O2. The summed E-state index contributed by atoms with van der Waals surface area (Å²) < 4.78 is 5.88. The van der Waals surface area contributed by atoms with Crippen LogP contribution in [0.25, 0.3) is 0 Å². The minimum absolute atomic E-state index is 0.160. The first-order chi connectivity index (χ1) is 11.4. The van der Waals surface area contributed by atoms with E-state index in [4.69, 9.17) is 10.5 Å². The van der Waals surface area contributed by atoms with E-state index in [0.717, 1.165) is 16.9 Å². The quantitative estimate of drug-likeness (QED) is 0.684. The summed E-state index contributed by atoms with van der Waals surface area (Å²) in [6.45, 7) is 8.35. The highest BCUT2D eigenvalue weighted by molar-refractivity contribution is 5.33. The van der Waals surface area contributed by atoms with Crippen molar-refractivity contribution in [2.75, 3.05) is 6.54 Å². The van der Waals surface area contributed by atoms with Crippen molar-refractivity contribution in [1.82, 2.24) is 5.32 Å². The van der Waals surface area contributed by atoms with Crippen LogP contribution in [0.3, 0.4) is 0 Å². The lowest BCUT2D eigenvalue weighted by Crippen LogP contribution is -2.45. The number of aryl methyl sites for hydroxylation is 3. The maximum absolute atomic E-state index is 10.00. The lowest BCUT2D eigenvalue weighted by Gasteiger charge is -2.25. The predicted octanol–water partition coefficient (Wildman–Crippen LogP) is 2.99. The van der Waals surface area contributed by atoms with Crippen LogP contribution in [-0.4, -0.2) is 24.0 Å². The minimum Gasteiger partial charge on any atom is -0.473 e. The number of hydrogen-bond acceptors (Lipinski definition) is 4. The van der Waals surface area contributed by atoms with E-state index in [0.29, 0.717) is 6.54 Å². The Bertz CT molecular complexity index is 670. The second-order valence-electron chi connectivity index (χ2n) is 6.47. The summed E-state index contributed by atoms with van der Waals surface area (Å²) in [6, 6.07) is 13.9. The Morgan fingerprint density at radius 3 is 2.46 bits per heavy atom. The molecule has 3 unspecified atom stereocenters. The lowest BCUT2D eigenvalue weighted by molar-refractivity contribution is 0.0262. The van der Waals surface area contributed by atoms with Gasteiger partial charge in [0.15, 0.2) is 6.23 Å². The van der Waals surface area contributed by atoms with Crippen molar-refractivity contribution in [3.63, 3.8) is 0 Å². The topological polar surface area (TPSA) is 67.5 Å². The largest absolute Gasteiger partial charge is 0.473 e. The molecule has 0 aliphatic carbocycles. The van der Waals surface area contributed by atoms with Gasteiger partial charge in [-0.25, -0.2) is 0 Å². The van der Waals surface area contributed by atoms with Crippen molar-refractivity contribution >= 4 is 0 Å². The van der Waals surface area contributed by atoms with Gasteiger partial charge in [0.05, 0.1) is 0 Å². The van der Waals surface area contributed by atoms with Crippen LogP contribution < -0.4 is 15.8 Å². The molecule has 0 radical (unpaired) electrons. The van der Waals surface area contributed by atoms with Crippen LogP contribution in [0.1, 0.15) is 35.2 Å². The number of nitrogens with two attached hydrogens (primary N) is 1. The second-order valence-corrected chi connectivity index (χ2v) is 6.47. The van der Waals surface area contributed by atoms with Crippen molar-refractivity contribution in [2.24, 2.45) is 5.73 Å². The van der Waals surface area contributed by atoms with Crippen molar-refractivity contribution in [1.29, 1.82) is 0 Å². The summed E-state index contributed by atoms with van der Waals surface area (Å²) in [5.41, 5.74) is 10.9. The summed E-state index contributed by atoms with van der Waals surface area (Å²) in [7, 11) is 0. The van der Waals surface area contributed by atoms with Crippen LogP contribution in [0.5, 0.6) is 5.75 Å². The number of rotatable bonds is 7. The predicted molar refractivity (Wildman–Crippen MR) is 98.1 cm³/mol. The first-order valence-electron chi connectivity index (χ1n) is 8.34. The van der Waals surface area contributed by atoms with E-state index in [-0.39, 0.29) is 6.04 Å². The van der Waals surface area contributed by atoms with E-state index >= 15 is 0 Å². The van der Waals surface area contributed by atoms with Gasteiger partial charge in [-0.05, 0) is 56.5 Å². The van der Waals surface area contributed by atoms with E-state index in [2.05, 4.69) is 37.4 Å². The van der Waals surface area contributed by atoms with Crippen LogP contribution in [0.2, 0.25) is 0 Å². The van der Waals surface area contributed by atoms with E-state index in [1.54, 1.807) is 6.92 Å². The maximum Gasteiger partial charge on any atom is 0.176 e. The Kier molecular flexibility index (Phi) is 6.37. The summed E-state index contributed by atoms with van der Waals surface area (Å²) >= 11 is 0. The fourth-order valence-electron chi connectivity index (χ4n) is 2.66. The molecule has 130 valence electrons. The molecule has 0 aliphatic rings. The van der Waals surface area contributed by atoms with Crippen molar-refractivity contribution in [2.45, 2.75) is 46.1 Å². The molecule has 0 saturated carbocycles. The zero-order chi connectivity index (χ0) is 17.7. The van der Waals surface area contributed by atoms with Gasteiger partial charge in [-0.1, -0.05) is 35.9 Å². The third kappa shape index (κ3) is 5.06. The van der Waals surface area contributed by atoms with E-state index in [9.17, 15) is 5.11 Å². The number of benzene rings is 2. The number of hydrogen-bond donors (Lipinski definition) is 3. The molecular weight excluding hydrogens is 300 g/mol. The van der Waals surface area contributed by atoms with E-state index < -0.39 is 12.3 Å². The molecule has 0 aliphatic heterocycles. The van der Waals surface area contributed by atoms with E-state index in [1.807, 2.05) is 31.2 Å². The van der Waals surface area contributed by atoms with Gasteiger partial charge in [0.1, 0.15) is 11.9 Å². The monoisotopic (exact) mass is 328 g/mol. The fourth-order valence-corrected chi connectivity index (χ4v) is 2.66. The average Bonchev–Trinajstić information content (AvgIpc) is 2.53. The Morgan fingerprint density at radius 1 is 1.08 bits per heavy atom. The molecule has 0 spiro atoms. The number of aliphatic hydroxyl groups is 1. The number of nitrogens with one attached hydrogen (secondary N) is 1. The highest BCUT2D eigenvalue weighted by Crippen LogP contribution is 2.18. The third-order valence-electron chi connectivity index (χ3n) is 4.06. The molecule has 0 bridgehead atoms. The lowest BCUT2D eigenvalue weighted by atomic mass is 9.99. The molecule has 0 fully saturated rings. The SMILES string of the molecule is Cc1cccc(OC(NCC(N)c2cc(C)ccc2C)C(C)O)c1. The van der Waals surface area contributed by atoms with Gasteiger partial charge in [-0.2, -0.15) is 0 Å². The molecule has 2 rings (SSSR count). The average molecular weight is 328 g/mol. The molecule has 0 heterocycles. The summed E-state index contributed by atoms with van der Waals surface area (Å²) in [6.07, 6.45) is -1.17. The molecule has 0 saturated heterocycles. The van der Waals surface area contributed by atoms with Gasteiger partial charge in [-0.15, -0.1) is 0 Å². The highest BCUT2D eigenvalue weighted by atomic mass is 16.5. The normalized spacial score (nSPS) is 14.9. The standard InChI is InChI=1S/C20H28N2O2/c1-13-6-5-7-17(10-13)24-20(16(4)23)22-12-19(21)18-11-14(2)8-9-15(18)3/h5-11,16,19-20,22-23H,12,21H2,1-4H3. The zero-order valence-electron chi connectivity index (χ0n) is 14.9. The van der Waals surface area contributed by atoms with Gasteiger partial charge in [0, 0.05) is 12.6 Å². The van der Waals surface area contributed by atoms with Crippen LogP contribution in [0, 0.1) is 20.8 Å². The van der Waals surface area contributed by atoms with Gasteiger partial charge in [0.2, 0.25) is 0 Å². The van der Waals surface area contributed by atoms with Gasteiger partial charge in [-0.3, -0.25) is 5.32 Å². The Balaban J connectivity index is 2.02. The van der Waals surface area contributed by atoms with Gasteiger partial charge in [0.25, 0.3) is 0 Å². The van der Waals surface area contributed by atoms with Crippen LogP contribution >= 0.6 is 0 Å². The van der Waals surface area contributed by atoms with Gasteiger partial charge >= 0.3 is 0 Å². The fraction of sp³-hybridized carbons (Fsp3) is 0.400. The molecule has 0 amide bonds. The third-order valence-corrected chi connectivity index (χ3v) is 4.06. The molecule has 2 aromatic carbocycles. The van der Waals surface area contributed by atoms with Crippen molar-refractivity contribution in [3.05, 3.63) is 64.7 Å². The molecule has 24 heavy (non-hydrogen) atoms. The summed E-state index contributed by atoms with van der Waals surface area (Å²) in [5, 5.41) is 13.2. The highest BCUT2D eigenvalue weighted by Gasteiger charge is 2.18. The van der Waals surface area contributed by atoms with Crippen LogP contribution in [0.4, 0.5) is 0 Å². The Hall–Kier alpha value is -1.88. The molecule has 4 heteroatoms. The molecule has 0 aromatic heterocycles. The number of aliphatic hydroxyl groups excluding tert-OH is 1. The molecule has 4 nitrogen and oxygen atoms in total. The maximum atomic E-state index is 10.00. The summed E-state index contributed by atoms with van der Waals surface area (Å²) in [5.74, 6) is 0.730. The summed E-state index contributed by atoms with van der Waals surface area (Å²) in [4.78, 5) is 0.